The number of amides is 3. The summed E-state index contributed by atoms with van der Waals surface area (Å²) in [6.07, 6.45) is 3.17. The van der Waals surface area contributed by atoms with Crippen LogP contribution in [0.1, 0.15) is 24.1 Å². The van der Waals surface area contributed by atoms with Crippen LogP contribution >= 0.6 is 11.6 Å². The molecule has 0 spiro atoms. The van der Waals surface area contributed by atoms with Crippen molar-refractivity contribution >= 4 is 35.3 Å². The van der Waals surface area contributed by atoms with Crippen molar-refractivity contribution in [3.63, 3.8) is 0 Å². The lowest BCUT2D eigenvalue weighted by molar-refractivity contribution is -0.117. The van der Waals surface area contributed by atoms with Crippen LogP contribution in [0.25, 0.3) is 6.08 Å². The van der Waals surface area contributed by atoms with E-state index in [0.717, 1.165) is 11.1 Å². The fraction of sp³-hybridized carbons (Fsp3) is 0.111. The van der Waals surface area contributed by atoms with Crippen molar-refractivity contribution in [3.05, 3.63) is 70.8 Å². The number of halogens is 1. The molecule has 2 rings (SSSR count). The summed E-state index contributed by atoms with van der Waals surface area (Å²) in [7, 11) is 0. The zero-order valence-electron chi connectivity index (χ0n) is 13.1. The highest BCUT2D eigenvalue weighted by Crippen LogP contribution is 2.16. The molecule has 0 aliphatic heterocycles. The van der Waals surface area contributed by atoms with Crippen LogP contribution < -0.4 is 16.4 Å². The number of primary amides is 1. The molecular weight excluding hydrogens is 326 g/mol. The first-order chi connectivity index (χ1) is 11.4. The smallest absolute Gasteiger partial charge is 0.316 e. The molecule has 1 unspecified atom stereocenters. The predicted octanol–water partition coefficient (Wildman–Crippen LogP) is 3.72. The Morgan fingerprint density at radius 2 is 1.88 bits per heavy atom. The van der Waals surface area contributed by atoms with Gasteiger partial charge in [0.2, 0.25) is 5.91 Å². The van der Waals surface area contributed by atoms with E-state index in [-0.39, 0.29) is 11.9 Å². The van der Waals surface area contributed by atoms with Crippen molar-refractivity contribution < 1.29 is 9.59 Å². The molecule has 0 fully saturated rings. The fourth-order valence-corrected chi connectivity index (χ4v) is 2.32. The van der Waals surface area contributed by atoms with E-state index in [9.17, 15) is 9.59 Å². The van der Waals surface area contributed by atoms with Gasteiger partial charge in [-0.25, -0.2) is 4.79 Å². The van der Waals surface area contributed by atoms with E-state index in [4.69, 9.17) is 17.3 Å². The number of carbonyl (C=O) groups excluding carboxylic acids is 2. The Morgan fingerprint density at radius 3 is 2.50 bits per heavy atom. The zero-order chi connectivity index (χ0) is 17.5. The normalized spacial score (nSPS) is 11.9. The van der Waals surface area contributed by atoms with Crippen molar-refractivity contribution in [2.45, 2.75) is 13.0 Å². The van der Waals surface area contributed by atoms with E-state index >= 15 is 0 Å². The van der Waals surface area contributed by atoms with Gasteiger partial charge in [0.15, 0.2) is 0 Å². The van der Waals surface area contributed by atoms with E-state index in [1.807, 2.05) is 31.2 Å². The monoisotopic (exact) mass is 343 g/mol. The predicted molar refractivity (Wildman–Crippen MR) is 96.7 cm³/mol. The molecule has 4 N–H and O–H groups in total. The maximum Gasteiger partial charge on any atom is 0.316 e. The average Bonchev–Trinajstić information content (AvgIpc) is 2.53. The molecule has 0 heterocycles. The van der Waals surface area contributed by atoms with Crippen LogP contribution in [0.4, 0.5) is 10.5 Å². The van der Waals surface area contributed by atoms with Crippen molar-refractivity contribution in [2.24, 2.45) is 5.73 Å². The van der Waals surface area contributed by atoms with Crippen molar-refractivity contribution in [1.29, 1.82) is 0 Å². The number of hydrogen-bond donors (Lipinski definition) is 3. The molecule has 0 aliphatic carbocycles. The molecule has 24 heavy (non-hydrogen) atoms. The molecule has 0 aliphatic rings. The van der Waals surface area contributed by atoms with E-state index in [0.29, 0.717) is 10.7 Å². The van der Waals surface area contributed by atoms with E-state index in [2.05, 4.69) is 10.6 Å². The largest absolute Gasteiger partial charge is 0.351 e. The highest BCUT2D eigenvalue weighted by atomic mass is 35.5. The molecule has 0 radical (unpaired) electrons. The summed E-state index contributed by atoms with van der Waals surface area (Å²) in [6.45, 7) is 1.88. The standard InChI is InChI=1S/C18H18ClN3O2/c1-12(14-6-8-16(9-7-14)22-18(20)24)21-17(23)10-5-13-3-2-4-15(19)11-13/h2-12H,1H3,(H,21,23)(H3,20,22,24)/b10-5+. The molecule has 5 nitrogen and oxygen atoms in total. The Balaban J connectivity index is 1.94. The number of anilines is 1. The number of nitrogens with two attached hydrogens (primary N) is 1. The van der Waals surface area contributed by atoms with Crippen molar-refractivity contribution in [1.82, 2.24) is 5.32 Å². The van der Waals surface area contributed by atoms with Gasteiger partial charge in [-0.15, -0.1) is 0 Å². The first-order valence-corrected chi connectivity index (χ1v) is 7.72. The number of carbonyl (C=O) groups is 2. The van der Waals surface area contributed by atoms with Gasteiger partial charge in [-0.2, -0.15) is 0 Å². The lowest BCUT2D eigenvalue weighted by Gasteiger charge is -2.13. The van der Waals surface area contributed by atoms with Gasteiger partial charge in [0.25, 0.3) is 0 Å². The molecule has 0 saturated heterocycles. The second-order valence-electron chi connectivity index (χ2n) is 5.23. The molecule has 2 aromatic carbocycles. The van der Waals surface area contributed by atoms with Gasteiger partial charge in [0.05, 0.1) is 6.04 Å². The van der Waals surface area contributed by atoms with Gasteiger partial charge >= 0.3 is 6.03 Å². The van der Waals surface area contributed by atoms with Gasteiger partial charge in [-0.3, -0.25) is 4.79 Å². The number of urea groups is 1. The minimum absolute atomic E-state index is 0.177. The SMILES string of the molecule is CC(NC(=O)/C=C/c1cccc(Cl)c1)c1ccc(NC(N)=O)cc1. The third-order valence-corrected chi connectivity index (χ3v) is 3.55. The molecule has 3 amide bonds. The summed E-state index contributed by atoms with van der Waals surface area (Å²) in [5, 5.41) is 5.98. The Morgan fingerprint density at radius 1 is 1.17 bits per heavy atom. The van der Waals surface area contributed by atoms with Crippen LogP contribution in [0.2, 0.25) is 5.02 Å². The number of hydrogen-bond acceptors (Lipinski definition) is 2. The van der Waals surface area contributed by atoms with Crippen molar-refractivity contribution in [2.75, 3.05) is 5.32 Å². The number of benzene rings is 2. The summed E-state index contributed by atoms with van der Waals surface area (Å²) in [4.78, 5) is 22.8. The Labute approximate surface area is 145 Å². The molecule has 0 saturated carbocycles. The Hall–Kier alpha value is -2.79. The number of rotatable bonds is 5. The maximum atomic E-state index is 12.0. The molecule has 0 bridgehead atoms. The van der Waals surface area contributed by atoms with Gasteiger partial charge in [-0.05, 0) is 48.4 Å². The number of nitrogens with one attached hydrogen (secondary N) is 2. The van der Waals surface area contributed by atoms with Crippen LogP contribution in [0.5, 0.6) is 0 Å². The van der Waals surface area contributed by atoms with Crippen LogP contribution in [0.15, 0.2) is 54.6 Å². The van der Waals surface area contributed by atoms with Gasteiger partial charge < -0.3 is 16.4 Å². The van der Waals surface area contributed by atoms with Crippen LogP contribution in [-0.4, -0.2) is 11.9 Å². The highest BCUT2D eigenvalue weighted by Gasteiger charge is 2.07. The summed E-state index contributed by atoms with van der Waals surface area (Å²) < 4.78 is 0. The zero-order valence-corrected chi connectivity index (χ0v) is 13.9. The molecule has 6 heteroatoms. The lowest BCUT2D eigenvalue weighted by Crippen LogP contribution is -2.24. The molecule has 2 aromatic rings. The average molecular weight is 344 g/mol. The first kappa shape index (κ1) is 17.6. The van der Waals surface area contributed by atoms with Gasteiger partial charge in [0.1, 0.15) is 0 Å². The summed E-state index contributed by atoms with van der Waals surface area (Å²) in [5.41, 5.74) is 7.42. The minimum atomic E-state index is -0.616. The lowest BCUT2D eigenvalue weighted by atomic mass is 10.1. The van der Waals surface area contributed by atoms with Crippen LogP contribution in [0, 0.1) is 0 Å². The van der Waals surface area contributed by atoms with Gasteiger partial charge in [0, 0.05) is 16.8 Å². The van der Waals surface area contributed by atoms with E-state index < -0.39 is 6.03 Å². The van der Waals surface area contributed by atoms with E-state index in [1.54, 1.807) is 30.3 Å². The maximum absolute atomic E-state index is 12.0. The minimum Gasteiger partial charge on any atom is -0.351 e. The summed E-state index contributed by atoms with van der Waals surface area (Å²) in [6, 6.07) is 13.5. The van der Waals surface area contributed by atoms with Gasteiger partial charge in [-0.1, -0.05) is 35.9 Å². The molecule has 124 valence electrons. The van der Waals surface area contributed by atoms with E-state index in [1.165, 1.54) is 6.08 Å². The molecular formula is C18H18ClN3O2. The second kappa shape index (κ2) is 8.17. The summed E-state index contributed by atoms with van der Waals surface area (Å²) in [5.74, 6) is -0.207. The highest BCUT2D eigenvalue weighted by molar-refractivity contribution is 6.30. The summed E-state index contributed by atoms with van der Waals surface area (Å²) >= 11 is 5.90. The van der Waals surface area contributed by atoms with Crippen LogP contribution in [0.3, 0.4) is 0 Å². The Kier molecular flexibility index (Phi) is 5.98. The first-order valence-electron chi connectivity index (χ1n) is 7.34. The second-order valence-corrected chi connectivity index (χ2v) is 5.67. The third kappa shape index (κ3) is 5.44. The topological polar surface area (TPSA) is 84.2 Å². The molecule has 0 aromatic heterocycles. The van der Waals surface area contributed by atoms with Crippen molar-refractivity contribution in [3.8, 4) is 0 Å². The van der Waals surface area contributed by atoms with Crippen LogP contribution in [-0.2, 0) is 4.79 Å². The Bertz CT molecular complexity index is 757. The fourth-order valence-electron chi connectivity index (χ4n) is 2.12. The molecule has 1 atom stereocenters. The quantitative estimate of drug-likeness (QED) is 0.723. The third-order valence-electron chi connectivity index (χ3n) is 3.31.